The molecule has 1 aromatic heterocycles. The second-order valence-electron chi connectivity index (χ2n) is 6.05. The van der Waals surface area contributed by atoms with Crippen molar-refractivity contribution in [3.05, 3.63) is 34.5 Å². The molecule has 1 aliphatic heterocycles. The molecule has 2 aromatic rings. The van der Waals surface area contributed by atoms with E-state index in [-0.39, 0.29) is 0 Å². The molecule has 0 bridgehead atoms. The van der Waals surface area contributed by atoms with Crippen molar-refractivity contribution in [3.8, 4) is 0 Å². The third-order valence-corrected chi connectivity index (χ3v) is 4.57. The monoisotopic (exact) mass is 286 g/mol. The maximum atomic E-state index is 11.2. The molecule has 0 spiro atoms. The van der Waals surface area contributed by atoms with E-state index in [1.54, 1.807) is 6.07 Å². The van der Waals surface area contributed by atoms with Gasteiger partial charge < -0.3 is 15.0 Å². The maximum Gasteiger partial charge on any atom is 0.336 e. The Kier molecular flexibility index (Phi) is 3.72. The smallest absolute Gasteiger partial charge is 0.336 e. The zero-order chi connectivity index (χ0) is 15.0. The van der Waals surface area contributed by atoms with E-state index in [4.69, 9.17) is 0 Å². The Hall–Kier alpha value is -1.81. The number of carbonyl (C=O) groups is 1. The van der Waals surface area contributed by atoms with Gasteiger partial charge in [0.05, 0.1) is 5.56 Å². The Labute approximate surface area is 124 Å². The molecule has 0 unspecified atom stereocenters. The second-order valence-corrected chi connectivity index (χ2v) is 6.05. The van der Waals surface area contributed by atoms with Crippen molar-refractivity contribution >= 4 is 16.9 Å². The first-order valence-electron chi connectivity index (χ1n) is 7.63. The maximum absolute atomic E-state index is 11.2. The number of aryl methyl sites for hydroxylation is 2. The Balaban J connectivity index is 1.92. The van der Waals surface area contributed by atoms with Crippen molar-refractivity contribution in [2.45, 2.75) is 33.1 Å². The number of H-pyrrole nitrogens is 1. The molecule has 112 valence electrons. The van der Waals surface area contributed by atoms with E-state index in [0.29, 0.717) is 5.56 Å². The average Bonchev–Trinajstić information content (AvgIpc) is 3.03. The van der Waals surface area contributed by atoms with Crippen LogP contribution in [0.3, 0.4) is 0 Å². The molecule has 0 radical (unpaired) electrons. The first-order valence-corrected chi connectivity index (χ1v) is 7.63. The number of benzene rings is 1. The Morgan fingerprint density at radius 2 is 2.00 bits per heavy atom. The Morgan fingerprint density at radius 1 is 1.29 bits per heavy atom. The SMILES string of the molecule is Cc1cc2c(CCN3CCCC3)c(C)[nH]c2cc1C(=O)O. The Bertz CT molecular complexity index is 682. The summed E-state index contributed by atoms with van der Waals surface area (Å²) in [5.41, 5.74) is 4.64. The van der Waals surface area contributed by atoms with Crippen LogP contribution >= 0.6 is 0 Å². The topological polar surface area (TPSA) is 56.3 Å². The summed E-state index contributed by atoms with van der Waals surface area (Å²) in [7, 11) is 0. The van der Waals surface area contributed by atoms with Gasteiger partial charge in [0.15, 0.2) is 0 Å². The number of rotatable bonds is 4. The fraction of sp³-hybridized carbons (Fsp3) is 0.471. The quantitative estimate of drug-likeness (QED) is 0.908. The minimum atomic E-state index is -0.861. The summed E-state index contributed by atoms with van der Waals surface area (Å²) in [5, 5.41) is 10.4. The number of aromatic carboxylic acids is 1. The predicted molar refractivity (Wildman–Crippen MR) is 84.1 cm³/mol. The number of aromatic amines is 1. The number of nitrogens with zero attached hydrogens (tertiary/aromatic N) is 1. The van der Waals surface area contributed by atoms with E-state index in [2.05, 4.69) is 16.8 Å². The first-order chi connectivity index (χ1) is 10.1. The standard InChI is InChI=1S/C17H22N2O2/c1-11-9-15-13(5-8-19-6-3-4-7-19)12(2)18-16(15)10-14(11)17(20)21/h9-10,18H,3-8H2,1-2H3,(H,20,21). The molecule has 1 aromatic carbocycles. The molecule has 0 aliphatic carbocycles. The van der Waals surface area contributed by atoms with Gasteiger partial charge in [0, 0.05) is 23.1 Å². The van der Waals surface area contributed by atoms with Crippen LogP contribution in [0, 0.1) is 13.8 Å². The molecule has 1 aliphatic rings. The van der Waals surface area contributed by atoms with Crippen molar-refractivity contribution in [2.75, 3.05) is 19.6 Å². The number of nitrogens with one attached hydrogen (secondary N) is 1. The molecule has 4 heteroatoms. The zero-order valence-corrected chi connectivity index (χ0v) is 12.7. The molecule has 3 rings (SSSR count). The molecule has 0 amide bonds. The predicted octanol–water partition coefficient (Wildman–Crippen LogP) is 3.12. The number of carboxylic acids is 1. The van der Waals surface area contributed by atoms with Gasteiger partial charge in [-0.25, -0.2) is 4.79 Å². The Morgan fingerprint density at radius 3 is 2.67 bits per heavy atom. The highest BCUT2D eigenvalue weighted by Gasteiger charge is 2.16. The minimum Gasteiger partial charge on any atom is -0.478 e. The van der Waals surface area contributed by atoms with Crippen LogP contribution in [-0.4, -0.2) is 40.6 Å². The van der Waals surface area contributed by atoms with Crippen LogP contribution < -0.4 is 0 Å². The zero-order valence-electron chi connectivity index (χ0n) is 12.7. The molecule has 2 heterocycles. The lowest BCUT2D eigenvalue weighted by molar-refractivity contribution is 0.0696. The van der Waals surface area contributed by atoms with Crippen LogP contribution in [0.15, 0.2) is 12.1 Å². The minimum absolute atomic E-state index is 0.384. The van der Waals surface area contributed by atoms with Gasteiger partial charge >= 0.3 is 5.97 Å². The largest absolute Gasteiger partial charge is 0.478 e. The molecule has 2 N–H and O–H groups in total. The first kappa shape index (κ1) is 14.1. The highest BCUT2D eigenvalue weighted by atomic mass is 16.4. The summed E-state index contributed by atoms with van der Waals surface area (Å²) >= 11 is 0. The van der Waals surface area contributed by atoms with Gasteiger partial charge in [0.2, 0.25) is 0 Å². The van der Waals surface area contributed by atoms with Crippen LogP contribution in [0.4, 0.5) is 0 Å². The van der Waals surface area contributed by atoms with E-state index in [1.165, 1.54) is 36.9 Å². The van der Waals surface area contributed by atoms with Crippen molar-refractivity contribution in [3.63, 3.8) is 0 Å². The molecule has 1 fully saturated rings. The van der Waals surface area contributed by atoms with Crippen LogP contribution in [-0.2, 0) is 6.42 Å². The van der Waals surface area contributed by atoms with Gasteiger partial charge in [-0.15, -0.1) is 0 Å². The molecule has 0 saturated carbocycles. The lowest BCUT2D eigenvalue weighted by Gasteiger charge is -2.14. The average molecular weight is 286 g/mol. The fourth-order valence-corrected chi connectivity index (χ4v) is 3.37. The lowest BCUT2D eigenvalue weighted by atomic mass is 10.0. The van der Waals surface area contributed by atoms with E-state index < -0.39 is 5.97 Å². The number of fused-ring (bicyclic) bond motifs is 1. The lowest BCUT2D eigenvalue weighted by Crippen LogP contribution is -2.22. The third kappa shape index (κ3) is 2.68. The highest BCUT2D eigenvalue weighted by molar-refractivity contribution is 5.96. The number of likely N-dealkylation sites (tertiary alicyclic amines) is 1. The molecular formula is C17H22N2O2. The van der Waals surface area contributed by atoms with E-state index in [1.807, 2.05) is 13.0 Å². The molecule has 1 saturated heterocycles. The summed E-state index contributed by atoms with van der Waals surface area (Å²) in [6.45, 7) is 7.46. The summed E-state index contributed by atoms with van der Waals surface area (Å²) in [5.74, 6) is -0.861. The second kappa shape index (κ2) is 5.53. The van der Waals surface area contributed by atoms with E-state index >= 15 is 0 Å². The van der Waals surface area contributed by atoms with Gasteiger partial charge in [-0.05, 0) is 69.5 Å². The van der Waals surface area contributed by atoms with Gasteiger partial charge in [-0.2, -0.15) is 0 Å². The molecule has 4 nitrogen and oxygen atoms in total. The summed E-state index contributed by atoms with van der Waals surface area (Å²) in [6.07, 6.45) is 3.65. The van der Waals surface area contributed by atoms with Gasteiger partial charge in [0.25, 0.3) is 0 Å². The van der Waals surface area contributed by atoms with Crippen molar-refractivity contribution in [2.24, 2.45) is 0 Å². The number of hydrogen-bond donors (Lipinski definition) is 2. The van der Waals surface area contributed by atoms with Crippen LogP contribution in [0.1, 0.15) is 40.0 Å². The van der Waals surface area contributed by atoms with Gasteiger partial charge in [-0.3, -0.25) is 0 Å². The van der Waals surface area contributed by atoms with E-state index in [0.717, 1.165) is 29.7 Å². The van der Waals surface area contributed by atoms with Crippen LogP contribution in [0.2, 0.25) is 0 Å². The molecule has 21 heavy (non-hydrogen) atoms. The number of aromatic nitrogens is 1. The summed E-state index contributed by atoms with van der Waals surface area (Å²) in [4.78, 5) is 17.1. The number of carboxylic acid groups (broad SMARTS) is 1. The summed E-state index contributed by atoms with van der Waals surface area (Å²) in [6, 6.07) is 3.78. The highest BCUT2D eigenvalue weighted by Crippen LogP contribution is 2.26. The van der Waals surface area contributed by atoms with Crippen molar-refractivity contribution in [1.29, 1.82) is 0 Å². The van der Waals surface area contributed by atoms with Crippen LogP contribution in [0.5, 0.6) is 0 Å². The fourth-order valence-electron chi connectivity index (χ4n) is 3.37. The van der Waals surface area contributed by atoms with Crippen LogP contribution in [0.25, 0.3) is 10.9 Å². The van der Waals surface area contributed by atoms with E-state index in [9.17, 15) is 9.90 Å². The third-order valence-electron chi connectivity index (χ3n) is 4.57. The summed E-state index contributed by atoms with van der Waals surface area (Å²) < 4.78 is 0. The van der Waals surface area contributed by atoms with Crippen molar-refractivity contribution < 1.29 is 9.90 Å². The van der Waals surface area contributed by atoms with Crippen molar-refractivity contribution in [1.82, 2.24) is 9.88 Å². The molecular weight excluding hydrogens is 264 g/mol. The number of hydrogen-bond acceptors (Lipinski definition) is 2. The van der Waals surface area contributed by atoms with Gasteiger partial charge in [0.1, 0.15) is 0 Å². The normalized spacial score (nSPS) is 15.9. The van der Waals surface area contributed by atoms with Gasteiger partial charge in [-0.1, -0.05) is 0 Å². The molecule has 0 atom stereocenters.